The van der Waals surface area contributed by atoms with E-state index in [0.29, 0.717) is 19.1 Å². The zero-order chi connectivity index (χ0) is 14.5. The molecule has 0 bridgehead atoms. The molecule has 0 radical (unpaired) electrons. The fourth-order valence-electron chi connectivity index (χ4n) is 3.25. The van der Waals surface area contributed by atoms with Gasteiger partial charge in [0.2, 0.25) is 5.91 Å². The molecule has 1 aromatic heterocycles. The van der Waals surface area contributed by atoms with Crippen molar-refractivity contribution < 1.29 is 14.4 Å². The highest BCUT2D eigenvalue weighted by molar-refractivity contribution is 5.79. The monoisotopic (exact) mass is 290 g/mol. The second-order valence-electron chi connectivity index (χ2n) is 5.96. The molecule has 2 saturated heterocycles. The number of rotatable bonds is 3. The number of carbonyl (C=O) groups is 1. The van der Waals surface area contributed by atoms with E-state index in [2.05, 4.69) is 11.1 Å². The van der Waals surface area contributed by atoms with Crippen molar-refractivity contribution in [2.75, 3.05) is 39.4 Å². The summed E-state index contributed by atoms with van der Waals surface area (Å²) in [5.41, 5.74) is 1.14. The molecule has 5 nitrogen and oxygen atoms in total. The van der Waals surface area contributed by atoms with Crippen LogP contribution in [0.5, 0.6) is 0 Å². The van der Waals surface area contributed by atoms with Gasteiger partial charge >= 0.3 is 0 Å². The van der Waals surface area contributed by atoms with Gasteiger partial charge in [-0.05, 0) is 12.1 Å². The van der Waals surface area contributed by atoms with E-state index in [1.54, 1.807) is 4.90 Å². The maximum atomic E-state index is 12.5. The maximum Gasteiger partial charge on any atom is 0.226 e. The van der Waals surface area contributed by atoms with Gasteiger partial charge in [0.15, 0.2) is 0 Å². The Hall–Kier alpha value is -1.46. The molecule has 0 unspecified atom stereocenters. The van der Waals surface area contributed by atoms with Crippen LogP contribution in [0.4, 0.5) is 0 Å². The molecule has 5 heteroatoms. The summed E-state index contributed by atoms with van der Waals surface area (Å²) in [5.74, 6) is 0.561. The first-order valence-electron chi connectivity index (χ1n) is 7.93. The SMILES string of the molecule is O=C(C1CC[NH+](Cc2ccccn2)CC1)N1CCOCC1. The third-order valence-electron chi connectivity index (χ3n) is 4.52. The van der Waals surface area contributed by atoms with E-state index in [4.69, 9.17) is 4.74 Å². The van der Waals surface area contributed by atoms with Crippen molar-refractivity contribution in [3.63, 3.8) is 0 Å². The first-order valence-corrected chi connectivity index (χ1v) is 7.93. The lowest BCUT2D eigenvalue weighted by Gasteiger charge is -2.33. The largest absolute Gasteiger partial charge is 0.378 e. The van der Waals surface area contributed by atoms with Crippen LogP contribution in [0.3, 0.4) is 0 Å². The van der Waals surface area contributed by atoms with Crippen LogP contribution < -0.4 is 4.90 Å². The van der Waals surface area contributed by atoms with Gasteiger partial charge in [-0.2, -0.15) is 0 Å². The number of nitrogens with one attached hydrogen (secondary N) is 1. The zero-order valence-electron chi connectivity index (χ0n) is 12.5. The first-order chi connectivity index (χ1) is 10.3. The van der Waals surface area contributed by atoms with Gasteiger partial charge < -0.3 is 14.5 Å². The molecule has 3 rings (SSSR count). The van der Waals surface area contributed by atoms with Gasteiger partial charge in [-0.25, -0.2) is 0 Å². The van der Waals surface area contributed by atoms with Crippen LogP contribution in [0.15, 0.2) is 24.4 Å². The van der Waals surface area contributed by atoms with Crippen LogP contribution in [0.25, 0.3) is 0 Å². The molecule has 21 heavy (non-hydrogen) atoms. The Bertz CT molecular complexity index is 452. The van der Waals surface area contributed by atoms with Crippen molar-refractivity contribution in [2.45, 2.75) is 19.4 Å². The number of amides is 1. The number of nitrogens with zero attached hydrogens (tertiary/aromatic N) is 2. The predicted octanol–water partition coefficient (Wildman–Crippen LogP) is -0.265. The molecule has 2 fully saturated rings. The number of pyridine rings is 1. The molecule has 0 saturated carbocycles. The third-order valence-corrected chi connectivity index (χ3v) is 4.52. The summed E-state index contributed by atoms with van der Waals surface area (Å²) < 4.78 is 5.32. The Kier molecular flexibility index (Phi) is 4.83. The van der Waals surface area contributed by atoms with Crippen LogP contribution in [0.2, 0.25) is 0 Å². The van der Waals surface area contributed by atoms with Crippen molar-refractivity contribution in [3.05, 3.63) is 30.1 Å². The number of likely N-dealkylation sites (tertiary alicyclic amines) is 1. The minimum Gasteiger partial charge on any atom is -0.378 e. The van der Waals surface area contributed by atoms with Crippen LogP contribution in [0, 0.1) is 5.92 Å². The van der Waals surface area contributed by atoms with E-state index in [-0.39, 0.29) is 5.92 Å². The smallest absolute Gasteiger partial charge is 0.226 e. The standard InChI is InChI=1S/C16H23N3O2/c20-16(19-9-11-21-12-10-19)14-4-7-18(8-5-14)13-15-3-1-2-6-17-15/h1-3,6,14H,4-5,7-13H2/p+1. The van der Waals surface area contributed by atoms with Crippen molar-refractivity contribution in [3.8, 4) is 0 Å². The summed E-state index contributed by atoms with van der Waals surface area (Å²) in [5, 5.41) is 0. The molecule has 0 aliphatic carbocycles. The Balaban J connectivity index is 1.47. The number of aromatic nitrogens is 1. The second-order valence-corrected chi connectivity index (χ2v) is 5.96. The quantitative estimate of drug-likeness (QED) is 0.834. The summed E-state index contributed by atoms with van der Waals surface area (Å²) in [6, 6.07) is 6.07. The van der Waals surface area contributed by atoms with Crippen LogP contribution >= 0.6 is 0 Å². The Morgan fingerprint density at radius 2 is 2.05 bits per heavy atom. The fraction of sp³-hybridized carbons (Fsp3) is 0.625. The number of piperidine rings is 1. The molecule has 0 spiro atoms. The minimum absolute atomic E-state index is 0.218. The number of quaternary nitrogens is 1. The van der Waals surface area contributed by atoms with E-state index >= 15 is 0 Å². The summed E-state index contributed by atoms with van der Waals surface area (Å²) >= 11 is 0. The van der Waals surface area contributed by atoms with Crippen LogP contribution in [-0.2, 0) is 16.1 Å². The average Bonchev–Trinajstić information content (AvgIpc) is 2.57. The lowest BCUT2D eigenvalue weighted by atomic mass is 9.95. The average molecular weight is 290 g/mol. The topological polar surface area (TPSA) is 46.9 Å². The van der Waals surface area contributed by atoms with E-state index in [0.717, 1.165) is 51.3 Å². The van der Waals surface area contributed by atoms with Gasteiger partial charge in [-0.3, -0.25) is 9.78 Å². The number of morpholine rings is 1. The Morgan fingerprint density at radius 3 is 2.71 bits per heavy atom. The van der Waals surface area contributed by atoms with Crippen molar-refractivity contribution in [1.29, 1.82) is 0 Å². The zero-order valence-corrected chi connectivity index (χ0v) is 12.5. The molecule has 0 aromatic carbocycles. The van der Waals surface area contributed by atoms with E-state index < -0.39 is 0 Å². The van der Waals surface area contributed by atoms with Gasteiger partial charge in [0.1, 0.15) is 6.54 Å². The molecule has 2 aliphatic heterocycles. The van der Waals surface area contributed by atoms with E-state index in [1.165, 1.54) is 0 Å². The Labute approximate surface area is 125 Å². The lowest BCUT2D eigenvalue weighted by molar-refractivity contribution is -0.919. The summed E-state index contributed by atoms with van der Waals surface area (Å²) in [6.45, 7) is 6.01. The summed E-state index contributed by atoms with van der Waals surface area (Å²) in [6.07, 6.45) is 3.85. The van der Waals surface area contributed by atoms with E-state index in [1.807, 2.05) is 23.2 Å². The maximum absolute atomic E-state index is 12.5. The summed E-state index contributed by atoms with van der Waals surface area (Å²) in [4.78, 5) is 20.4. The second kappa shape index (κ2) is 7.00. The molecule has 1 N–H and O–H groups in total. The predicted molar refractivity (Wildman–Crippen MR) is 78.8 cm³/mol. The number of ether oxygens (including phenoxy) is 1. The first kappa shape index (κ1) is 14.5. The van der Waals surface area contributed by atoms with Crippen LogP contribution in [0.1, 0.15) is 18.5 Å². The summed E-state index contributed by atoms with van der Waals surface area (Å²) in [7, 11) is 0. The fourth-order valence-corrected chi connectivity index (χ4v) is 3.25. The van der Waals surface area contributed by atoms with Gasteiger partial charge in [0, 0.05) is 38.0 Å². The Morgan fingerprint density at radius 1 is 1.29 bits per heavy atom. The highest BCUT2D eigenvalue weighted by Crippen LogP contribution is 2.14. The van der Waals surface area contributed by atoms with Gasteiger partial charge in [-0.15, -0.1) is 0 Å². The normalized spacial score (nSPS) is 26.6. The lowest BCUT2D eigenvalue weighted by Crippen LogP contribution is -3.11. The molecular formula is C16H24N3O2+. The highest BCUT2D eigenvalue weighted by Gasteiger charge is 2.31. The van der Waals surface area contributed by atoms with Gasteiger partial charge in [-0.1, -0.05) is 6.07 Å². The molecule has 1 aromatic rings. The highest BCUT2D eigenvalue weighted by atomic mass is 16.5. The molecule has 3 heterocycles. The van der Waals surface area contributed by atoms with Crippen molar-refractivity contribution in [2.24, 2.45) is 5.92 Å². The molecular weight excluding hydrogens is 266 g/mol. The molecule has 1 amide bonds. The molecule has 114 valence electrons. The van der Waals surface area contributed by atoms with Crippen LogP contribution in [-0.4, -0.2) is 55.2 Å². The van der Waals surface area contributed by atoms with Crippen molar-refractivity contribution in [1.82, 2.24) is 9.88 Å². The number of carbonyl (C=O) groups excluding carboxylic acids is 1. The van der Waals surface area contributed by atoms with E-state index in [9.17, 15) is 4.79 Å². The third kappa shape index (κ3) is 3.80. The molecule has 2 aliphatic rings. The molecule has 0 atom stereocenters. The van der Waals surface area contributed by atoms with Gasteiger partial charge in [0.05, 0.1) is 32.0 Å². The number of hydrogen-bond acceptors (Lipinski definition) is 3. The van der Waals surface area contributed by atoms with Crippen molar-refractivity contribution >= 4 is 5.91 Å². The number of hydrogen-bond donors (Lipinski definition) is 1. The minimum atomic E-state index is 0.218. The van der Waals surface area contributed by atoms with Gasteiger partial charge in [0.25, 0.3) is 0 Å².